The maximum Gasteiger partial charge on any atom is 0.277 e. The Kier molecular flexibility index (Phi) is 4.22. The van der Waals surface area contributed by atoms with Crippen molar-refractivity contribution < 1.29 is 8.42 Å². The van der Waals surface area contributed by atoms with E-state index in [9.17, 15) is 13.2 Å². The highest BCUT2D eigenvalue weighted by Crippen LogP contribution is 2.13. The first-order valence-electron chi connectivity index (χ1n) is 6.28. The van der Waals surface area contributed by atoms with Crippen molar-refractivity contribution in [2.75, 3.05) is 6.54 Å². The molecule has 7 heteroatoms. The highest BCUT2D eigenvalue weighted by atomic mass is 32.2. The van der Waals surface area contributed by atoms with Gasteiger partial charge < -0.3 is 4.98 Å². The lowest BCUT2D eigenvalue weighted by Gasteiger charge is -2.07. The summed E-state index contributed by atoms with van der Waals surface area (Å²) in [5.41, 5.74) is 1.90. The van der Waals surface area contributed by atoms with Crippen LogP contribution in [0.2, 0.25) is 0 Å². The van der Waals surface area contributed by atoms with E-state index in [-0.39, 0.29) is 12.1 Å². The average molecular weight is 295 g/mol. The fourth-order valence-electron chi connectivity index (χ4n) is 1.92. The van der Waals surface area contributed by atoms with Crippen LogP contribution in [-0.2, 0) is 16.8 Å². The predicted octanol–water partition coefficient (Wildman–Crippen LogP) is 0.780. The minimum Gasteiger partial charge on any atom is -0.322 e. The molecule has 0 saturated carbocycles. The molecule has 0 aliphatic rings. The highest BCUT2D eigenvalue weighted by molar-refractivity contribution is 7.87. The quantitative estimate of drug-likeness (QED) is 0.761. The van der Waals surface area contributed by atoms with Gasteiger partial charge in [0.15, 0.2) is 0 Å². The molecular formula is C13H17N3O3S. The summed E-state index contributed by atoms with van der Waals surface area (Å²) in [4.78, 5) is 14.6. The van der Waals surface area contributed by atoms with E-state index in [1.807, 2.05) is 25.1 Å². The Morgan fingerprint density at radius 3 is 2.65 bits per heavy atom. The monoisotopic (exact) mass is 295 g/mol. The molecule has 0 radical (unpaired) electrons. The molecule has 0 spiro atoms. The Morgan fingerprint density at radius 1 is 1.20 bits per heavy atom. The van der Waals surface area contributed by atoms with Crippen molar-refractivity contribution in [3.8, 4) is 0 Å². The molecule has 108 valence electrons. The Bertz CT molecular complexity index is 781. The molecule has 6 nitrogen and oxygen atoms in total. The van der Waals surface area contributed by atoms with Crippen molar-refractivity contribution in [1.29, 1.82) is 0 Å². The number of aryl methyl sites for hydroxylation is 1. The second-order valence-corrected chi connectivity index (χ2v) is 6.12. The van der Waals surface area contributed by atoms with Crippen molar-refractivity contribution in [2.45, 2.75) is 20.4 Å². The molecule has 0 fully saturated rings. The molecule has 0 amide bonds. The lowest BCUT2D eigenvalue weighted by Crippen LogP contribution is -2.37. The summed E-state index contributed by atoms with van der Waals surface area (Å²) in [6.07, 6.45) is 0. The number of benzene rings is 1. The molecule has 0 aliphatic carbocycles. The minimum absolute atomic E-state index is 0.0471. The van der Waals surface area contributed by atoms with E-state index in [1.54, 1.807) is 13.0 Å². The van der Waals surface area contributed by atoms with Crippen LogP contribution in [0.5, 0.6) is 0 Å². The number of pyridine rings is 1. The molecule has 1 aromatic carbocycles. The summed E-state index contributed by atoms with van der Waals surface area (Å²) in [5.74, 6) is 0. The molecule has 0 saturated heterocycles. The molecule has 2 rings (SSSR count). The fraction of sp³-hybridized carbons (Fsp3) is 0.308. The van der Waals surface area contributed by atoms with Gasteiger partial charge >= 0.3 is 0 Å². The molecule has 20 heavy (non-hydrogen) atoms. The summed E-state index contributed by atoms with van der Waals surface area (Å²) in [6, 6.07) is 7.38. The molecule has 0 unspecified atom stereocenters. The van der Waals surface area contributed by atoms with Gasteiger partial charge in [0, 0.05) is 24.2 Å². The van der Waals surface area contributed by atoms with Crippen LogP contribution in [0.15, 0.2) is 29.1 Å². The van der Waals surface area contributed by atoms with Gasteiger partial charge in [-0.25, -0.2) is 4.72 Å². The number of fused-ring (bicyclic) bond motifs is 1. The standard InChI is InChI=1S/C13H17N3O3S/c1-3-14-20(18,19)15-8-11-7-10-6-9(2)4-5-12(10)16-13(11)17/h4-7,14-15H,3,8H2,1-2H3,(H,16,17). The predicted molar refractivity (Wildman–Crippen MR) is 78.7 cm³/mol. The molecular weight excluding hydrogens is 278 g/mol. The van der Waals surface area contributed by atoms with Gasteiger partial charge in [0.2, 0.25) is 0 Å². The fourth-order valence-corrected chi connectivity index (χ4v) is 2.74. The van der Waals surface area contributed by atoms with Gasteiger partial charge in [-0.05, 0) is 30.5 Å². The van der Waals surface area contributed by atoms with Gasteiger partial charge in [0.05, 0.1) is 0 Å². The van der Waals surface area contributed by atoms with Crippen LogP contribution in [0.4, 0.5) is 0 Å². The molecule has 1 aromatic heterocycles. The second-order valence-electron chi connectivity index (χ2n) is 4.54. The number of aromatic amines is 1. The Labute approximate surface area is 117 Å². The molecule has 2 aromatic rings. The average Bonchev–Trinajstić information content (AvgIpc) is 2.37. The van der Waals surface area contributed by atoms with Crippen molar-refractivity contribution in [3.05, 3.63) is 45.7 Å². The van der Waals surface area contributed by atoms with Crippen molar-refractivity contribution in [3.63, 3.8) is 0 Å². The molecule has 3 N–H and O–H groups in total. The van der Waals surface area contributed by atoms with E-state index in [0.29, 0.717) is 12.1 Å². The van der Waals surface area contributed by atoms with Crippen molar-refractivity contribution in [1.82, 2.24) is 14.4 Å². The van der Waals surface area contributed by atoms with Gasteiger partial charge in [-0.15, -0.1) is 0 Å². The minimum atomic E-state index is -3.56. The van der Waals surface area contributed by atoms with Gasteiger partial charge in [-0.2, -0.15) is 13.1 Å². The van der Waals surface area contributed by atoms with Gasteiger partial charge in [-0.1, -0.05) is 18.6 Å². The van der Waals surface area contributed by atoms with Crippen LogP contribution in [0.1, 0.15) is 18.1 Å². The number of aromatic nitrogens is 1. The summed E-state index contributed by atoms with van der Waals surface area (Å²) < 4.78 is 27.6. The van der Waals surface area contributed by atoms with E-state index in [2.05, 4.69) is 14.4 Å². The number of rotatable bonds is 5. The molecule has 0 bridgehead atoms. The maximum atomic E-state index is 11.9. The van der Waals surface area contributed by atoms with E-state index in [4.69, 9.17) is 0 Å². The van der Waals surface area contributed by atoms with Crippen LogP contribution in [-0.4, -0.2) is 19.9 Å². The highest BCUT2D eigenvalue weighted by Gasteiger charge is 2.09. The van der Waals surface area contributed by atoms with Crippen LogP contribution in [0.25, 0.3) is 10.9 Å². The zero-order valence-electron chi connectivity index (χ0n) is 11.4. The third-order valence-corrected chi connectivity index (χ3v) is 4.06. The number of hydrogen-bond donors (Lipinski definition) is 3. The topological polar surface area (TPSA) is 91.1 Å². The Hall–Kier alpha value is -1.70. The zero-order valence-corrected chi connectivity index (χ0v) is 12.2. The summed E-state index contributed by atoms with van der Waals surface area (Å²) >= 11 is 0. The first-order valence-corrected chi connectivity index (χ1v) is 7.76. The van der Waals surface area contributed by atoms with Crippen LogP contribution >= 0.6 is 0 Å². The van der Waals surface area contributed by atoms with Gasteiger partial charge in [-0.3, -0.25) is 4.79 Å². The molecule has 0 atom stereocenters. The first kappa shape index (κ1) is 14.7. The first-order chi connectivity index (χ1) is 9.41. The maximum absolute atomic E-state index is 11.9. The summed E-state index contributed by atoms with van der Waals surface area (Å²) in [5, 5.41) is 0.877. The smallest absolute Gasteiger partial charge is 0.277 e. The summed E-state index contributed by atoms with van der Waals surface area (Å²) in [6.45, 7) is 3.89. The number of H-pyrrole nitrogens is 1. The van der Waals surface area contributed by atoms with E-state index in [0.717, 1.165) is 16.5 Å². The lowest BCUT2D eigenvalue weighted by molar-refractivity contribution is 0.568. The van der Waals surface area contributed by atoms with Crippen LogP contribution < -0.4 is 15.0 Å². The second kappa shape index (κ2) is 5.74. The zero-order chi connectivity index (χ0) is 14.8. The summed E-state index contributed by atoms with van der Waals surface area (Å²) in [7, 11) is -3.56. The third kappa shape index (κ3) is 3.44. The number of hydrogen-bond acceptors (Lipinski definition) is 3. The Morgan fingerprint density at radius 2 is 1.95 bits per heavy atom. The van der Waals surface area contributed by atoms with E-state index < -0.39 is 10.2 Å². The molecule has 0 aliphatic heterocycles. The van der Waals surface area contributed by atoms with Gasteiger partial charge in [0.25, 0.3) is 15.8 Å². The third-order valence-electron chi connectivity index (χ3n) is 2.86. The van der Waals surface area contributed by atoms with Crippen LogP contribution in [0.3, 0.4) is 0 Å². The Balaban J connectivity index is 2.31. The number of nitrogens with one attached hydrogen (secondary N) is 3. The van der Waals surface area contributed by atoms with Gasteiger partial charge in [0.1, 0.15) is 0 Å². The van der Waals surface area contributed by atoms with E-state index >= 15 is 0 Å². The SMILES string of the molecule is CCNS(=O)(=O)NCc1cc2cc(C)ccc2[nH]c1=O. The normalized spacial score (nSPS) is 11.9. The lowest BCUT2D eigenvalue weighted by atomic mass is 10.1. The largest absolute Gasteiger partial charge is 0.322 e. The van der Waals surface area contributed by atoms with Crippen molar-refractivity contribution in [2.24, 2.45) is 0 Å². The van der Waals surface area contributed by atoms with E-state index in [1.165, 1.54) is 0 Å². The molecule has 1 heterocycles. The van der Waals surface area contributed by atoms with Crippen molar-refractivity contribution >= 4 is 21.1 Å². The van der Waals surface area contributed by atoms with Crippen LogP contribution in [0, 0.1) is 6.92 Å².